The minimum atomic E-state index is -0.825. The molecule has 1 atom stereocenters. The number of aromatic nitrogens is 2. The van der Waals surface area contributed by atoms with Crippen molar-refractivity contribution in [2.24, 2.45) is 0 Å². The summed E-state index contributed by atoms with van der Waals surface area (Å²) in [6.07, 6.45) is 0.112. The number of rotatable bonds is 4. The first-order valence-corrected chi connectivity index (χ1v) is 7.59. The monoisotopic (exact) mass is 324 g/mol. The molecule has 2 N–H and O–H groups in total. The molecule has 1 fully saturated rings. The number of carbonyl (C=O) groups is 1. The molecule has 0 radical (unpaired) electrons. The highest BCUT2D eigenvalue weighted by atomic mass is 35.5. The Morgan fingerprint density at radius 1 is 1.63 bits per heavy atom. The maximum atomic E-state index is 10.9. The predicted molar refractivity (Wildman–Crippen MR) is 78.6 cm³/mol. The van der Waals surface area contributed by atoms with E-state index in [9.17, 15) is 4.79 Å². The third-order valence-corrected chi connectivity index (χ3v) is 4.73. The Kier molecular flexibility index (Phi) is 6.84. The maximum Gasteiger partial charge on any atom is 0.407 e. The number of piperazine rings is 1. The molecule has 1 aromatic rings. The summed E-state index contributed by atoms with van der Waals surface area (Å²) >= 11 is 3.28. The van der Waals surface area contributed by atoms with E-state index < -0.39 is 6.09 Å². The summed E-state index contributed by atoms with van der Waals surface area (Å²) < 4.78 is 0.985. The summed E-state index contributed by atoms with van der Waals surface area (Å²) in [5.74, 6) is 0.930. The van der Waals surface area contributed by atoms with Gasteiger partial charge in [-0.1, -0.05) is 23.1 Å². The van der Waals surface area contributed by atoms with Gasteiger partial charge in [-0.15, -0.1) is 22.6 Å². The molecular weight excluding hydrogens is 308 g/mol. The van der Waals surface area contributed by atoms with Gasteiger partial charge in [-0.25, -0.2) is 4.79 Å². The molecule has 1 aliphatic rings. The molecule has 0 aromatic carbocycles. The SMILES string of the molecule is Cc1nnc(SCC[C@@H]2CN(C(=O)O)CCN2)s1.Cl. The Morgan fingerprint density at radius 2 is 2.42 bits per heavy atom. The normalized spacial score (nSPS) is 19.0. The van der Waals surface area contributed by atoms with E-state index >= 15 is 0 Å². The molecular formula is C10H17ClN4O2S2. The minimum absolute atomic E-state index is 0. The van der Waals surface area contributed by atoms with Crippen LogP contribution in [0.4, 0.5) is 4.79 Å². The van der Waals surface area contributed by atoms with Gasteiger partial charge in [0, 0.05) is 31.4 Å². The third-order valence-electron chi connectivity index (χ3n) is 2.73. The van der Waals surface area contributed by atoms with E-state index in [1.807, 2.05) is 6.92 Å². The summed E-state index contributed by atoms with van der Waals surface area (Å²) in [5, 5.41) is 21.3. The molecule has 1 aromatic heterocycles. The Hall–Kier alpha value is -0.570. The number of amides is 1. The standard InChI is InChI=1S/C10H16N4O2S2.ClH/c1-7-12-13-9(18-7)17-5-2-8-6-14(10(15)16)4-3-11-8;/h8,11H,2-6H2,1H3,(H,15,16);1H/t8-;/m1./s1. The van der Waals surface area contributed by atoms with Crippen LogP contribution < -0.4 is 5.32 Å². The first kappa shape index (κ1) is 16.5. The lowest BCUT2D eigenvalue weighted by Crippen LogP contribution is -2.52. The zero-order valence-electron chi connectivity index (χ0n) is 10.5. The average molecular weight is 325 g/mol. The van der Waals surface area contributed by atoms with Crippen molar-refractivity contribution in [1.29, 1.82) is 0 Å². The van der Waals surface area contributed by atoms with Gasteiger partial charge in [0.2, 0.25) is 0 Å². The minimum Gasteiger partial charge on any atom is -0.465 e. The van der Waals surface area contributed by atoms with Gasteiger partial charge in [0.15, 0.2) is 4.34 Å². The highest BCUT2D eigenvalue weighted by Gasteiger charge is 2.22. The van der Waals surface area contributed by atoms with Gasteiger partial charge in [0.1, 0.15) is 5.01 Å². The fourth-order valence-corrected chi connectivity index (χ4v) is 3.76. The Morgan fingerprint density at radius 3 is 3.05 bits per heavy atom. The fraction of sp³-hybridized carbons (Fsp3) is 0.700. The lowest BCUT2D eigenvalue weighted by atomic mass is 10.2. The Balaban J connectivity index is 0.00000180. The van der Waals surface area contributed by atoms with E-state index in [4.69, 9.17) is 5.11 Å². The fourth-order valence-electron chi connectivity index (χ4n) is 1.82. The molecule has 108 valence electrons. The van der Waals surface area contributed by atoms with E-state index in [0.717, 1.165) is 28.1 Å². The van der Waals surface area contributed by atoms with Gasteiger partial charge in [0.25, 0.3) is 0 Å². The number of hydrogen-bond acceptors (Lipinski definition) is 6. The summed E-state index contributed by atoms with van der Waals surface area (Å²) in [6.45, 7) is 3.83. The van der Waals surface area contributed by atoms with E-state index in [2.05, 4.69) is 15.5 Å². The van der Waals surface area contributed by atoms with Gasteiger partial charge < -0.3 is 15.3 Å². The van der Waals surface area contributed by atoms with Crippen LogP contribution in [0.1, 0.15) is 11.4 Å². The lowest BCUT2D eigenvalue weighted by Gasteiger charge is -2.31. The number of hydrogen-bond donors (Lipinski definition) is 2. The predicted octanol–water partition coefficient (Wildman–Crippen LogP) is 1.70. The highest BCUT2D eigenvalue weighted by molar-refractivity contribution is 8.01. The van der Waals surface area contributed by atoms with E-state index in [1.165, 1.54) is 4.90 Å². The number of aryl methyl sites for hydroxylation is 1. The highest BCUT2D eigenvalue weighted by Crippen LogP contribution is 2.23. The van der Waals surface area contributed by atoms with Crippen LogP contribution in [-0.4, -0.2) is 57.7 Å². The molecule has 2 rings (SSSR count). The lowest BCUT2D eigenvalue weighted by molar-refractivity contribution is 0.128. The largest absolute Gasteiger partial charge is 0.465 e. The molecule has 0 unspecified atom stereocenters. The number of nitrogens with one attached hydrogen (secondary N) is 1. The molecule has 0 spiro atoms. The van der Waals surface area contributed by atoms with E-state index in [1.54, 1.807) is 23.1 Å². The molecule has 1 aliphatic heterocycles. The Labute approximate surface area is 126 Å². The summed E-state index contributed by atoms with van der Waals surface area (Å²) in [7, 11) is 0. The second-order valence-corrected chi connectivity index (χ2v) is 6.63. The molecule has 1 saturated heterocycles. The van der Waals surface area contributed by atoms with Crippen LogP contribution in [0.15, 0.2) is 4.34 Å². The van der Waals surface area contributed by atoms with Crippen molar-refractivity contribution in [3.05, 3.63) is 5.01 Å². The van der Waals surface area contributed by atoms with Crippen molar-refractivity contribution >= 4 is 41.6 Å². The molecule has 0 saturated carbocycles. The van der Waals surface area contributed by atoms with Crippen LogP contribution in [0.2, 0.25) is 0 Å². The topological polar surface area (TPSA) is 78.4 Å². The van der Waals surface area contributed by atoms with Crippen molar-refractivity contribution in [1.82, 2.24) is 20.4 Å². The van der Waals surface area contributed by atoms with Crippen LogP contribution in [0.25, 0.3) is 0 Å². The number of carboxylic acid groups (broad SMARTS) is 1. The van der Waals surface area contributed by atoms with Gasteiger partial charge in [-0.05, 0) is 13.3 Å². The van der Waals surface area contributed by atoms with E-state index in [-0.39, 0.29) is 18.4 Å². The maximum absolute atomic E-state index is 10.9. The van der Waals surface area contributed by atoms with Crippen LogP contribution in [0.3, 0.4) is 0 Å². The summed E-state index contributed by atoms with van der Waals surface area (Å²) in [5.41, 5.74) is 0. The van der Waals surface area contributed by atoms with Crippen LogP contribution in [0, 0.1) is 6.92 Å². The van der Waals surface area contributed by atoms with Crippen LogP contribution >= 0.6 is 35.5 Å². The van der Waals surface area contributed by atoms with Crippen molar-refractivity contribution in [2.45, 2.75) is 23.7 Å². The number of thioether (sulfide) groups is 1. The second-order valence-electron chi connectivity index (χ2n) is 4.10. The average Bonchev–Trinajstić information content (AvgIpc) is 2.75. The smallest absolute Gasteiger partial charge is 0.407 e. The molecule has 0 aliphatic carbocycles. The van der Waals surface area contributed by atoms with Gasteiger partial charge in [0.05, 0.1) is 0 Å². The molecule has 1 amide bonds. The van der Waals surface area contributed by atoms with Gasteiger partial charge >= 0.3 is 6.09 Å². The molecule has 0 bridgehead atoms. The van der Waals surface area contributed by atoms with Crippen molar-refractivity contribution in [3.8, 4) is 0 Å². The van der Waals surface area contributed by atoms with E-state index in [0.29, 0.717) is 13.1 Å². The zero-order valence-corrected chi connectivity index (χ0v) is 13.0. The van der Waals surface area contributed by atoms with Crippen molar-refractivity contribution < 1.29 is 9.90 Å². The second kappa shape index (κ2) is 7.88. The molecule has 2 heterocycles. The van der Waals surface area contributed by atoms with Crippen molar-refractivity contribution in [3.63, 3.8) is 0 Å². The van der Waals surface area contributed by atoms with Gasteiger partial charge in [-0.3, -0.25) is 0 Å². The first-order chi connectivity index (χ1) is 8.65. The van der Waals surface area contributed by atoms with Crippen LogP contribution in [-0.2, 0) is 0 Å². The zero-order chi connectivity index (χ0) is 13.0. The molecule has 9 heteroatoms. The van der Waals surface area contributed by atoms with Gasteiger partial charge in [-0.2, -0.15) is 0 Å². The number of halogens is 1. The number of nitrogens with zero attached hydrogens (tertiary/aromatic N) is 3. The molecule has 19 heavy (non-hydrogen) atoms. The summed E-state index contributed by atoms with van der Waals surface area (Å²) in [4.78, 5) is 12.3. The quantitative estimate of drug-likeness (QED) is 0.821. The third kappa shape index (κ3) is 5.13. The first-order valence-electron chi connectivity index (χ1n) is 5.79. The van der Waals surface area contributed by atoms with Crippen LogP contribution in [0.5, 0.6) is 0 Å². The molecule has 6 nitrogen and oxygen atoms in total. The van der Waals surface area contributed by atoms with Crippen molar-refractivity contribution in [2.75, 3.05) is 25.4 Å². The summed E-state index contributed by atoms with van der Waals surface area (Å²) in [6, 6.07) is 0.247. The Bertz CT molecular complexity index is 418.